The van der Waals surface area contributed by atoms with E-state index in [4.69, 9.17) is 4.74 Å². The number of para-hydroxylation sites is 1. The highest BCUT2D eigenvalue weighted by molar-refractivity contribution is 6.04. The molecule has 0 spiro atoms. The fourth-order valence-electron chi connectivity index (χ4n) is 2.58. The zero-order valence-electron chi connectivity index (χ0n) is 15.3. The number of fused-ring (bicyclic) bond motifs is 1. The van der Waals surface area contributed by atoms with Crippen molar-refractivity contribution in [3.05, 3.63) is 53.6 Å². The van der Waals surface area contributed by atoms with Crippen LogP contribution in [-0.4, -0.2) is 28.6 Å². The van der Waals surface area contributed by atoms with E-state index in [9.17, 15) is 9.59 Å². The molecule has 0 aliphatic carbocycles. The lowest BCUT2D eigenvalue weighted by Crippen LogP contribution is -2.15. The maximum Gasteiger partial charge on any atom is 0.411 e. The molecule has 7 nitrogen and oxygen atoms in total. The minimum atomic E-state index is -0.502. The van der Waals surface area contributed by atoms with E-state index in [1.54, 1.807) is 24.3 Å². The molecule has 1 heterocycles. The first-order valence-electron chi connectivity index (χ1n) is 8.87. The molecule has 3 aromatic rings. The molecule has 0 atom stereocenters. The summed E-state index contributed by atoms with van der Waals surface area (Å²) in [4.78, 5) is 31.5. The van der Waals surface area contributed by atoms with Gasteiger partial charge in [-0.1, -0.05) is 25.5 Å². The van der Waals surface area contributed by atoms with Crippen molar-refractivity contribution in [2.75, 3.05) is 17.2 Å². The van der Waals surface area contributed by atoms with Crippen LogP contribution in [0.3, 0.4) is 0 Å². The van der Waals surface area contributed by atoms with E-state index < -0.39 is 6.09 Å². The summed E-state index contributed by atoms with van der Waals surface area (Å²) in [5.41, 5.74) is 3.75. The average molecular weight is 366 g/mol. The Labute approximate surface area is 157 Å². The molecule has 3 N–H and O–H groups in total. The van der Waals surface area contributed by atoms with Gasteiger partial charge in [0.1, 0.15) is 0 Å². The van der Waals surface area contributed by atoms with E-state index in [0.29, 0.717) is 23.8 Å². The Kier molecular flexibility index (Phi) is 5.71. The molecular formula is C20H22N4O3. The Morgan fingerprint density at radius 3 is 2.59 bits per heavy atom. The first-order valence-corrected chi connectivity index (χ1v) is 8.87. The summed E-state index contributed by atoms with van der Waals surface area (Å²) < 4.78 is 5.04. The monoisotopic (exact) mass is 366 g/mol. The van der Waals surface area contributed by atoms with Crippen molar-refractivity contribution >= 4 is 34.7 Å². The number of ether oxygens (including phenoxy) is 1. The molecule has 140 valence electrons. The van der Waals surface area contributed by atoms with Gasteiger partial charge in [-0.2, -0.15) is 0 Å². The van der Waals surface area contributed by atoms with Crippen LogP contribution in [0.1, 0.15) is 35.7 Å². The molecule has 0 unspecified atom stereocenters. The van der Waals surface area contributed by atoms with Gasteiger partial charge >= 0.3 is 6.09 Å². The van der Waals surface area contributed by atoms with Crippen molar-refractivity contribution in [1.82, 2.24) is 9.97 Å². The molecule has 0 saturated carbocycles. The molecule has 2 aromatic carbocycles. The number of benzene rings is 2. The van der Waals surface area contributed by atoms with Gasteiger partial charge in [-0.25, -0.2) is 9.78 Å². The number of carbonyl (C=O) groups is 2. The summed E-state index contributed by atoms with van der Waals surface area (Å²) in [6.45, 7) is 4.38. The van der Waals surface area contributed by atoms with Gasteiger partial charge in [-0.15, -0.1) is 0 Å². The number of nitrogens with zero attached hydrogens (tertiary/aromatic N) is 1. The highest BCUT2D eigenvalue weighted by Crippen LogP contribution is 2.18. The number of hydrogen-bond acceptors (Lipinski definition) is 4. The van der Waals surface area contributed by atoms with E-state index in [1.165, 1.54) is 0 Å². The van der Waals surface area contributed by atoms with Crippen LogP contribution < -0.4 is 10.6 Å². The van der Waals surface area contributed by atoms with Crippen molar-refractivity contribution in [3.63, 3.8) is 0 Å². The Balaban J connectivity index is 1.61. The molecule has 0 saturated heterocycles. The molecule has 27 heavy (non-hydrogen) atoms. The van der Waals surface area contributed by atoms with Crippen molar-refractivity contribution < 1.29 is 14.3 Å². The molecule has 0 aliphatic rings. The maximum absolute atomic E-state index is 12.4. The molecule has 0 radical (unpaired) electrons. The smallest absolute Gasteiger partial charge is 0.411 e. The zero-order chi connectivity index (χ0) is 19.2. The van der Waals surface area contributed by atoms with Gasteiger partial charge in [0.25, 0.3) is 5.91 Å². The predicted molar refractivity (Wildman–Crippen MR) is 105 cm³/mol. The van der Waals surface area contributed by atoms with Gasteiger partial charge in [-0.05, 0) is 49.2 Å². The van der Waals surface area contributed by atoms with Crippen LogP contribution in [-0.2, 0) is 4.74 Å². The van der Waals surface area contributed by atoms with E-state index in [1.807, 2.05) is 32.0 Å². The summed E-state index contributed by atoms with van der Waals surface area (Å²) in [6, 6.07) is 12.4. The van der Waals surface area contributed by atoms with Gasteiger partial charge in [0.2, 0.25) is 5.95 Å². The van der Waals surface area contributed by atoms with E-state index in [2.05, 4.69) is 20.6 Å². The number of anilines is 2. The summed E-state index contributed by atoms with van der Waals surface area (Å²) in [5, 5.41) is 5.38. The highest BCUT2D eigenvalue weighted by Gasteiger charge is 2.11. The summed E-state index contributed by atoms with van der Waals surface area (Å²) in [7, 11) is 0. The highest BCUT2D eigenvalue weighted by atomic mass is 16.5. The van der Waals surface area contributed by atoms with Gasteiger partial charge in [0.05, 0.1) is 17.6 Å². The molecule has 3 rings (SSSR count). The lowest BCUT2D eigenvalue weighted by Gasteiger charge is -2.07. The normalized spacial score (nSPS) is 10.6. The maximum atomic E-state index is 12.4. The number of nitrogens with one attached hydrogen (secondary N) is 3. The SMILES string of the molecule is CCCCOC(=O)Nc1ccc(C(=O)Nc2nc3c(C)cccc3[nH]2)cc1. The Bertz CT molecular complexity index is 948. The summed E-state index contributed by atoms with van der Waals surface area (Å²) in [6.07, 6.45) is 1.29. The molecule has 0 fully saturated rings. The van der Waals surface area contributed by atoms with Crippen LogP contribution >= 0.6 is 0 Å². The second kappa shape index (κ2) is 8.35. The van der Waals surface area contributed by atoms with Crippen LogP contribution in [0.15, 0.2) is 42.5 Å². The van der Waals surface area contributed by atoms with Crippen molar-refractivity contribution in [1.29, 1.82) is 0 Å². The average Bonchev–Trinajstić information content (AvgIpc) is 3.06. The Morgan fingerprint density at radius 2 is 1.89 bits per heavy atom. The van der Waals surface area contributed by atoms with Crippen LogP contribution in [0.4, 0.5) is 16.4 Å². The summed E-state index contributed by atoms with van der Waals surface area (Å²) in [5.74, 6) is 0.106. The number of aromatic amines is 1. The van der Waals surface area contributed by atoms with E-state index >= 15 is 0 Å². The number of unbranched alkanes of at least 4 members (excludes halogenated alkanes) is 1. The fraction of sp³-hybridized carbons (Fsp3) is 0.250. The Hall–Kier alpha value is -3.35. The number of imidazole rings is 1. The fourth-order valence-corrected chi connectivity index (χ4v) is 2.58. The molecule has 7 heteroatoms. The number of amides is 2. The second-order valence-electron chi connectivity index (χ2n) is 6.20. The first-order chi connectivity index (χ1) is 13.1. The molecule has 0 aliphatic heterocycles. The lowest BCUT2D eigenvalue weighted by atomic mass is 10.2. The van der Waals surface area contributed by atoms with Crippen molar-refractivity contribution in [3.8, 4) is 0 Å². The predicted octanol–water partition coefficient (Wildman–Crippen LogP) is 4.47. The molecular weight excluding hydrogens is 344 g/mol. The van der Waals surface area contributed by atoms with Gasteiger partial charge in [0, 0.05) is 11.3 Å². The van der Waals surface area contributed by atoms with E-state index in [0.717, 1.165) is 29.4 Å². The minimum absolute atomic E-state index is 0.288. The zero-order valence-corrected chi connectivity index (χ0v) is 15.3. The molecule has 1 aromatic heterocycles. The third-order valence-electron chi connectivity index (χ3n) is 4.07. The molecule has 0 bridgehead atoms. The third kappa shape index (κ3) is 4.63. The standard InChI is InChI=1S/C20H22N4O3/c1-3-4-12-27-20(26)21-15-10-8-14(9-11-15)18(25)24-19-22-16-7-5-6-13(2)17(16)23-19/h5-11H,3-4,12H2,1-2H3,(H,21,26)(H2,22,23,24,25). The molecule has 2 amide bonds. The number of carbonyl (C=O) groups excluding carboxylic acids is 2. The topological polar surface area (TPSA) is 96.1 Å². The van der Waals surface area contributed by atoms with Crippen LogP contribution in [0.25, 0.3) is 11.0 Å². The number of aryl methyl sites for hydroxylation is 1. The quantitative estimate of drug-likeness (QED) is 0.561. The van der Waals surface area contributed by atoms with Gasteiger partial charge in [-0.3, -0.25) is 15.4 Å². The number of rotatable bonds is 6. The van der Waals surface area contributed by atoms with E-state index in [-0.39, 0.29) is 5.91 Å². The second-order valence-corrected chi connectivity index (χ2v) is 6.20. The van der Waals surface area contributed by atoms with Crippen LogP contribution in [0, 0.1) is 6.92 Å². The largest absolute Gasteiger partial charge is 0.449 e. The minimum Gasteiger partial charge on any atom is -0.449 e. The van der Waals surface area contributed by atoms with Crippen LogP contribution in [0.2, 0.25) is 0 Å². The van der Waals surface area contributed by atoms with Crippen LogP contribution in [0.5, 0.6) is 0 Å². The Morgan fingerprint density at radius 1 is 1.11 bits per heavy atom. The number of hydrogen-bond donors (Lipinski definition) is 3. The first kappa shape index (κ1) is 18.4. The van der Waals surface area contributed by atoms with Crippen molar-refractivity contribution in [2.24, 2.45) is 0 Å². The third-order valence-corrected chi connectivity index (χ3v) is 4.07. The summed E-state index contributed by atoms with van der Waals surface area (Å²) >= 11 is 0. The lowest BCUT2D eigenvalue weighted by molar-refractivity contribution is 0.102. The van der Waals surface area contributed by atoms with Crippen molar-refractivity contribution in [2.45, 2.75) is 26.7 Å². The van der Waals surface area contributed by atoms with Gasteiger partial charge < -0.3 is 9.72 Å². The number of aromatic nitrogens is 2. The number of H-pyrrole nitrogens is 1. The van der Waals surface area contributed by atoms with Gasteiger partial charge in [0.15, 0.2) is 0 Å².